The summed E-state index contributed by atoms with van der Waals surface area (Å²) in [5.74, 6) is 0.0294. The van der Waals surface area contributed by atoms with Gasteiger partial charge in [-0.05, 0) is 52.6 Å². The zero-order valence-corrected chi connectivity index (χ0v) is 24.7. The number of aromatic nitrogens is 1. The van der Waals surface area contributed by atoms with Gasteiger partial charge in [-0.3, -0.25) is 19.5 Å². The van der Waals surface area contributed by atoms with E-state index in [1.165, 1.54) is 30.6 Å². The first-order chi connectivity index (χ1) is 21.4. The summed E-state index contributed by atoms with van der Waals surface area (Å²) in [4.78, 5) is 43.1. The van der Waals surface area contributed by atoms with Gasteiger partial charge in [-0.1, -0.05) is 78.9 Å². The number of nitrogens with zero attached hydrogens (tertiary/aromatic N) is 3. The molecule has 44 heavy (non-hydrogen) atoms. The molecule has 0 saturated carbocycles. The summed E-state index contributed by atoms with van der Waals surface area (Å²) in [6.07, 6.45) is 2.30. The summed E-state index contributed by atoms with van der Waals surface area (Å²) in [5, 5.41) is 12.9. The minimum atomic E-state index is -0.692. The Hall–Kier alpha value is -5.35. The molecule has 220 valence electrons. The van der Waals surface area contributed by atoms with Crippen molar-refractivity contribution in [1.29, 1.82) is 0 Å². The fraction of sp³-hybridized carbons (Fsp3) is 0.147. The lowest BCUT2D eigenvalue weighted by Gasteiger charge is -2.25. The normalized spacial score (nSPS) is 14.7. The van der Waals surface area contributed by atoms with Crippen molar-refractivity contribution < 1.29 is 19.2 Å². The first-order valence-corrected chi connectivity index (χ1v) is 14.8. The van der Waals surface area contributed by atoms with Crippen LogP contribution < -0.4 is 19.6 Å². The molecule has 0 radical (unpaired) electrons. The average molecular weight is 606 g/mol. The Kier molecular flexibility index (Phi) is 7.91. The van der Waals surface area contributed by atoms with Crippen LogP contribution in [0.5, 0.6) is 5.75 Å². The lowest BCUT2D eigenvalue weighted by Crippen LogP contribution is -2.40. The molecule has 0 N–H and O–H groups in total. The molecule has 9 nitrogen and oxygen atoms in total. The van der Waals surface area contributed by atoms with Crippen LogP contribution in [0, 0.1) is 10.1 Å². The number of nitro groups is 1. The number of allylic oxidation sites excluding steroid dienone is 1. The van der Waals surface area contributed by atoms with E-state index in [9.17, 15) is 19.7 Å². The van der Waals surface area contributed by atoms with Gasteiger partial charge in [-0.2, -0.15) is 0 Å². The third kappa shape index (κ3) is 5.31. The van der Waals surface area contributed by atoms with Gasteiger partial charge in [0.25, 0.3) is 11.2 Å². The minimum Gasteiger partial charge on any atom is -0.488 e. The molecule has 0 aliphatic carbocycles. The Morgan fingerprint density at radius 3 is 2.45 bits per heavy atom. The predicted molar refractivity (Wildman–Crippen MR) is 168 cm³/mol. The maximum atomic E-state index is 14.2. The number of carbonyl (C=O) groups is 1. The molecule has 0 saturated heterocycles. The number of non-ortho nitro benzene ring substituents is 1. The Bertz CT molecular complexity index is 2110. The van der Waals surface area contributed by atoms with Gasteiger partial charge < -0.3 is 9.47 Å². The largest absolute Gasteiger partial charge is 0.488 e. The highest BCUT2D eigenvalue weighted by Crippen LogP contribution is 2.32. The first kappa shape index (κ1) is 28.8. The molecule has 0 spiro atoms. The van der Waals surface area contributed by atoms with Crippen LogP contribution in [0.1, 0.15) is 36.1 Å². The number of esters is 1. The second-order valence-corrected chi connectivity index (χ2v) is 11.1. The smallest absolute Gasteiger partial charge is 0.338 e. The van der Waals surface area contributed by atoms with Crippen LogP contribution in [-0.4, -0.2) is 22.6 Å². The Labute approximate surface area is 255 Å². The number of benzene rings is 4. The second kappa shape index (κ2) is 12.1. The number of carbonyl (C=O) groups excluding carboxylic acids is 1. The molecule has 0 bridgehead atoms. The third-order valence-corrected chi connectivity index (χ3v) is 8.50. The van der Waals surface area contributed by atoms with E-state index in [0.717, 1.165) is 27.5 Å². The van der Waals surface area contributed by atoms with Crippen LogP contribution in [0.4, 0.5) is 5.69 Å². The minimum absolute atomic E-state index is 0.00548. The number of rotatable bonds is 8. The molecule has 4 aromatic carbocycles. The van der Waals surface area contributed by atoms with Crippen molar-refractivity contribution in [3.63, 3.8) is 0 Å². The summed E-state index contributed by atoms with van der Waals surface area (Å²) >= 11 is 1.25. The topological polar surface area (TPSA) is 113 Å². The van der Waals surface area contributed by atoms with Gasteiger partial charge in [0.05, 0.1) is 33.9 Å². The van der Waals surface area contributed by atoms with Gasteiger partial charge in [-0.15, -0.1) is 0 Å². The quantitative estimate of drug-likeness (QED) is 0.132. The number of ether oxygens (including phenoxy) is 2. The summed E-state index contributed by atoms with van der Waals surface area (Å²) in [6, 6.07) is 26.5. The zero-order chi connectivity index (χ0) is 30.8. The van der Waals surface area contributed by atoms with E-state index in [1.54, 1.807) is 16.7 Å². The number of fused-ring (bicyclic) bond motifs is 2. The number of methoxy groups -OCH3 is 1. The average Bonchev–Trinajstić information content (AvgIpc) is 3.37. The Balaban J connectivity index is 1.50. The van der Waals surface area contributed by atoms with E-state index in [4.69, 9.17) is 14.5 Å². The molecule has 0 amide bonds. The van der Waals surface area contributed by atoms with E-state index in [-0.39, 0.29) is 17.9 Å². The zero-order valence-electron chi connectivity index (χ0n) is 23.9. The van der Waals surface area contributed by atoms with Gasteiger partial charge in [0.2, 0.25) is 0 Å². The first-order valence-electron chi connectivity index (χ1n) is 14.0. The van der Waals surface area contributed by atoms with Crippen LogP contribution in [0.2, 0.25) is 0 Å². The number of thiazole rings is 1. The van der Waals surface area contributed by atoms with Crippen LogP contribution in [-0.2, 0) is 16.1 Å². The lowest BCUT2D eigenvalue weighted by atomic mass is 9.95. The summed E-state index contributed by atoms with van der Waals surface area (Å²) in [7, 11) is 1.33. The highest BCUT2D eigenvalue weighted by atomic mass is 32.1. The molecule has 1 aliphatic rings. The summed E-state index contributed by atoms with van der Waals surface area (Å²) < 4.78 is 13.4. The van der Waals surface area contributed by atoms with E-state index in [2.05, 4.69) is 0 Å². The number of hydrogen-bond acceptors (Lipinski definition) is 8. The maximum Gasteiger partial charge on any atom is 0.338 e. The molecule has 1 aromatic heterocycles. The molecule has 1 aliphatic heterocycles. The maximum absolute atomic E-state index is 14.2. The molecule has 10 heteroatoms. The van der Waals surface area contributed by atoms with Crippen LogP contribution in [0.25, 0.3) is 16.8 Å². The van der Waals surface area contributed by atoms with Gasteiger partial charge in [0.1, 0.15) is 12.4 Å². The third-order valence-electron chi connectivity index (χ3n) is 7.51. The number of hydrogen-bond donors (Lipinski definition) is 0. The molecule has 5 aromatic rings. The summed E-state index contributed by atoms with van der Waals surface area (Å²) in [5.41, 5.74) is 2.90. The van der Waals surface area contributed by atoms with E-state index >= 15 is 0 Å². The molecule has 6 rings (SSSR count). The fourth-order valence-corrected chi connectivity index (χ4v) is 6.37. The molecule has 1 atom stereocenters. The van der Waals surface area contributed by atoms with Crippen molar-refractivity contribution in [2.24, 2.45) is 4.99 Å². The monoisotopic (exact) mass is 605 g/mol. The van der Waals surface area contributed by atoms with Crippen molar-refractivity contribution in [2.45, 2.75) is 26.0 Å². The van der Waals surface area contributed by atoms with Crippen molar-refractivity contribution in [2.75, 3.05) is 7.11 Å². The molecule has 2 heterocycles. The predicted octanol–water partition coefficient (Wildman–Crippen LogP) is 5.44. The van der Waals surface area contributed by atoms with Gasteiger partial charge in [0.15, 0.2) is 4.80 Å². The van der Waals surface area contributed by atoms with Gasteiger partial charge in [-0.25, -0.2) is 9.79 Å². The van der Waals surface area contributed by atoms with E-state index in [1.807, 2.05) is 79.7 Å². The van der Waals surface area contributed by atoms with Crippen LogP contribution >= 0.6 is 11.3 Å². The fourth-order valence-electron chi connectivity index (χ4n) is 5.37. The molecule has 0 unspecified atom stereocenters. The lowest BCUT2D eigenvalue weighted by molar-refractivity contribution is -0.384. The SMILES string of the molecule is CCC1=C(C(=O)OC)[C@@H](c2ccccc2)n2c(s/c(=C/c3c(OCc4ccc([N+](=O)[O-])cc4)ccc4ccccc34)c2=O)=N1. The number of nitro benzene ring substituents is 1. The summed E-state index contributed by atoms with van der Waals surface area (Å²) in [6.45, 7) is 2.09. The van der Waals surface area contributed by atoms with Gasteiger partial charge in [0, 0.05) is 17.7 Å². The Morgan fingerprint density at radius 2 is 1.75 bits per heavy atom. The highest BCUT2D eigenvalue weighted by molar-refractivity contribution is 7.07. The standard InChI is InChI=1S/C34H27N3O6S/c1-3-27-30(33(39)42-2)31(23-10-5-4-6-11-23)36-32(38)29(44-34(36)35-27)19-26-25-12-8-7-9-22(25)15-18-28(26)43-20-21-13-16-24(17-14-21)37(40)41/h4-19,31H,3,20H2,1-2H3/b29-19+/t31-/m1/s1. The molecular formula is C34H27N3O6S. The highest BCUT2D eigenvalue weighted by Gasteiger charge is 2.33. The van der Waals surface area contributed by atoms with Crippen LogP contribution in [0.3, 0.4) is 0 Å². The van der Waals surface area contributed by atoms with E-state index < -0.39 is 16.9 Å². The molecular weight excluding hydrogens is 578 g/mol. The van der Waals surface area contributed by atoms with Crippen LogP contribution in [0.15, 0.2) is 112 Å². The van der Waals surface area contributed by atoms with Gasteiger partial charge >= 0.3 is 5.97 Å². The van der Waals surface area contributed by atoms with Crippen molar-refractivity contribution >= 4 is 39.8 Å². The Morgan fingerprint density at radius 1 is 1.02 bits per heavy atom. The van der Waals surface area contributed by atoms with E-state index in [0.29, 0.717) is 32.8 Å². The van der Waals surface area contributed by atoms with Crippen molar-refractivity contribution in [3.05, 3.63) is 149 Å². The second-order valence-electron chi connectivity index (χ2n) is 10.1. The molecule has 0 fully saturated rings. The van der Waals surface area contributed by atoms with Crippen molar-refractivity contribution in [1.82, 2.24) is 4.57 Å². The van der Waals surface area contributed by atoms with Crippen molar-refractivity contribution in [3.8, 4) is 5.75 Å².